The molecule has 0 atom stereocenters. The first kappa shape index (κ1) is 8.40. The molecule has 3 heteroatoms. The van der Waals surface area contributed by atoms with E-state index in [1.54, 1.807) is 6.07 Å². The lowest BCUT2D eigenvalue weighted by atomic mass is 10.3. The van der Waals surface area contributed by atoms with Crippen LogP contribution in [0.2, 0.25) is 0 Å². The average Bonchev–Trinajstić information content (AvgIpc) is 1.94. The van der Waals surface area contributed by atoms with E-state index in [0.29, 0.717) is 0 Å². The summed E-state index contributed by atoms with van der Waals surface area (Å²) in [5.74, 6) is -0.230. The van der Waals surface area contributed by atoms with Gasteiger partial charge in [0.25, 0.3) is 0 Å². The minimum Gasteiger partial charge on any atom is -0.377 e. The minimum absolute atomic E-state index is 0.230. The van der Waals surface area contributed by atoms with E-state index in [4.69, 9.17) is 0 Å². The van der Waals surface area contributed by atoms with Gasteiger partial charge >= 0.3 is 0 Å². The molecule has 1 nitrogen and oxygen atoms in total. The molecule has 0 aromatic heterocycles. The molecule has 0 spiro atoms. The van der Waals surface area contributed by atoms with Crippen LogP contribution in [0.3, 0.4) is 0 Å². The van der Waals surface area contributed by atoms with Crippen LogP contribution in [-0.2, 0) is 0 Å². The van der Waals surface area contributed by atoms with Crippen LogP contribution in [-0.4, -0.2) is 14.1 Å². The van der Waals surface area contributed by atoms with Crippen molar-refractivity contribution < 1.29 is 4.39 Å². The maximum absolute atomic E-state index is 12.6. The summed E-state index contributed by atoms with van der Waals surface area (Å²) in [6.07, 6.45) is 0. The molecule has 1 aromatic rings. The maximum Gasteiger partial charge on any atom is 0.125 e. The lowest BCUT2D eigenvalue weighted by Gasteiger charge is -2.14. The number of halogens is 1. The Balaban J connectivity index is 3.13. The number of rotatable bonds is 1. The fourth-order valence-electron chi connectivity index (χ4n) is 0.855. The third-order valence-electron chi connectivity index (χ3n) is 1.42. The number of thiol groups is 1. The Hall–Kier alpha value is -0.700. The predicted octanol–water partition coefficient (Wildman–Crippen LogP) is 2.18. The molecule has 0 radical (unpaired) electrons. The van der Waals surface area contributed by atoms with E-state index < -0.39 is 0 Å². The molecule has 0 aliphatic rings. The van der Waals surface area contributed by atoms with Crippen molar-refractivity contribution in [3.05, 3.63) is 24.0 Å². The van der Waals surface area contributed by atoms with E-state index in [-0.39, 0.29) is 5.82 Å². The molecule has 1 aromatic carbocycles. The van der Waals surface area contributed by atoms with Gasteiger partial charge in [0.2, 0.25) is 0 Å². The van der Waals surface area contributed by atoms with Crippen molar-refractivity contribution in [2.75, 3.05) is 19.0 Å². The quantitative estimate of drug-likeness (QED) is 0.634. The zero-order chi connectivity index (χ0) is 8.43. The van der Waals surface area contributed by atoms with Gasteiger partial charge in [-0.3, -0.25) is 0 Å². The van der Waals surface area contributed by atoms with Gasteiger partial charge in [-0.05, 0) is 18.2 Å². The van der Waals surface area contributed by atoms with Gasteiger partial charge in [-0.1, -0.05) is 0 Å². The van der Waals surface area contributed by atoms with E-state index >= 15 is 0 Å². The lowest BCUT2D eigenvalue weighted by molar-refractivity contribution is 0.626. The normalized spacial score (nSPS) is 9.82. The van der Waals surface area contributed by atoms with Crippen LogP contribution in [0.15, 0.2) is 23.1 Å². The van der Waals surface area contributed by atoms with Crippen LogP contribution >= 0.6 is 12.6 Å². The summed E-state index contributed by atoms with van der Waals surface area (Å²) in [6, 6.07) is 4.51. The average molecular weight is 171 g/mol. The highest BCUT2D eigenvalue weighted by Crippen LogP contribution is 2.22. The van der Waals surface area contributed by atoms with Gasteiger partial charge in [-0.15, -0.1) is 12.6 Å². The molecular formula is C8H10FNS. The zero-order valence-corrected chi connectivity index (χ0v) is 7.40. The van der Waals surface area contributed by atoms with E-state index in [1.165, 1.54) is 12.1 Å². The smallest absolute Gasteiger partial charge is 0.125 e. The van der Waals surface area contributed by atoms with E-state index in [1.807, 2.05) is 19.0 Å². The van der Waals surface area contributed by atoms with Crippen molar-refractivity contribution >= 4 is 18.3 Å². The summed E-state index contributed by atoms with van der Waals surface area (Å²) in [5, 5.41) is 0. The topological polar surface area (TPSA) is 3.24 Å². The summed E-state index contributed by atoms with van der Waals surface area (Å²) in [7, 11) is 3.71. The summed E-state index contributed by atoms with van der Waals surface area (Å²) in [5.41, 5.74) is 0.799. The largest absolute Gasteiger partial charge is 0.377 e. The van der Waals surface area contributed by atoms with Crippen LogP contribution in [0.4, 0.5) is 10.1 Å². The van der Waals surface area contributed by atoms with E-state index in [2.05, 4.69) is 12.6 Å². The summed E-state index contributed by atoms with van der Waals surface area (Å²) < 4.78 is 12.6. The molecule has 0 N–H and O–H groups in total. The molecular weight excluding hydrogens is 161 g/mol. The van der Waals surface area contributed by atoms with Crippen LogP contribution < -0.4 is 4.90 Å². The first-order valence-electron chi connectivity index (χ1n) is 3.27. The predicted molar refractivity (Wildman–Crippen MR) is 48.0 cm³/mol. The Kier molecular flexibility index (Phi) is 2.39. The Morgan fingerprint density at radius 2 is 2.00 bits per heavy atom. The van der Waals surface area contributed by atoms with Crippen LogP contribution in [0, 0.1) is 5.82 Å². The van der Waals surface area contributed by atoms with E-state index in [9.17, 15) is 4.39 Å². The number of anilines is 1. The fraction of sp³-hybridized carbons (Fsp3) is 0.250. The number of hydrogen-bond acceptors (Lipinski definition) is 2. The summed E-state index contributed by atoms with van der Waals surface area (Å²) >= 11 is 4.18. The minimum atomic E-state index is -0.230. The zero-order valence-electron chi connectivity index (χ0n) is 6.50. The molecule has 1 rings (SSSR count). The van der Waals surface area contributed by atoms with Crippen molar-refractivity contribution in [3.8, 4) is 0 Å². The molecule has 60 valence electrons. The van der Waals surface area contributed by atoms with Crippen LogP contribution in [0.5, 0.6) is 0 Å². The van der Waals surface area contributed by atoms with Gasteiger partial charge in [0.1, 0.15) is 5.82 Å². The van der Waals surface area contributed by atoms with Gasteiger partial charge < -0.3 is 4.90 Å². The SMILES string of the molecule is CN(C)c1cc(F)ccc1S. The third-order valence-corrected chi connectivity index (χ3v) is 1.80. The third kappa shape index (κ3) is 1.87. The highest BCUT2D eigenvalue weighted by Gasteiger charge is 2.01. The lowest BCUT2D eigenvalue weighted by Crippen LogP contribution is -2.09. The van der Waals surface area contributed by atoms with Crippen molar-refractivity contribution in [1.82, 2.24) is 0 Å². The summed E-state index contributed by atoms with van der Waals surface area (Å²) in [4.78, 5) is 2.61. The van der Waals surface area contributed by atoms with Crippen molar-refractivity contribution in [2.45, 2.75) is 4.90 Å². The van der Waals surface area contributed by atoms with Gasteiger partial charge in [0.15, 0.2) is 0 Å². The second kappa shape index (κ2) is 3.13. The van der Waals surface area contributed by atoms with Gasteiger partial charge in [0, 0.05) is 19.0 Å². The molecule has 0 heterocycles. The molecule has 11 heavy (non-hydrogen) atoms. The monoisotopic (exact) mass is 171 g/mol. The van der Waals surface area contributed by atoms with E-state index in [0.717, 1.165) is 10.6 Å². The van der Waals surface area contributed by atoms with Gasteiger partial charge in [-0.25, -0.2) is 4.39 Å². The summed E-state index contributed by atoms with van der Waals surface area (Å²) in [6.45, 7) is 0. The molecule has 0 saturated carbocycles. The Morgan fingerprint density at radius 3 is 2.45 bits per heavy atom. The maximum atomic E-state index is 12.6. The highest BCUT2D eigenvalue weighted by molar-refractivity contribution is 7.80. The van der Waals surface area contributed by atoms with Crippen molar-refractivity contribution in [1.29, 1.82) is 0 Å². The fourth-order valence-corrected chi connectivity index (χ4v) is 1.19. The Labute approximate surface area is 71.2 Å². The Morgan fingerprint density at radius 1 is 1.36 bits per heavy atom. The second-order valence-electron chi connectivity index (χ2n) is 2.53. The Bertz CT molecular complexity index is 260. The number of nitrogens with zero attached hydrogens (tertiary/aromatic N) is 1. The molecule has 0 aliphatic carbocycles. The first-order valence-corrected chi connectivity index (χ1v) is 3.72. The van der Waals surface area contributed by atoms with Crippen LogP contribution in [0.25, 0.3) is 0 Å². The van der Waals surface area contributed by atoms with Crippen molar-refractivity contribution in [3.63, 3.8) is 0 Å². The molecule has 0 bridgehead atoms. The standard InChI is InChI=1S/C8H10FNS/c1-10(2)7-5-6(9)3-4-8(7)11/h3-5,11H,1-2H3. The van der Waals surface area contributed by atoms with Crippen molar-refractivity contribution in [2.24, 2.45) is 0 Å². The molecule has 0 aliphatic heterocycles. The highest BCUT2D eigenvalue weighted by atomic mass is 32.1. The first-order chi connectivity index (χ1) is 5.11. The molecule has 0 amide bonds. The second-order valence-corrected chi connectivity index (χ2v) is 3.01. The van der Waals surface area contributed by atoms with Crippen LogP contribution in [0.1, 0.15) is 0 Å². The molecule has 0 fully saturated rings. The van der Waals surface area contributed by atoms with Gasteiger partial charge in [-0.2, -0.15) is 0 Å². The van der Waals surface area contributed by atoms with Gasteiger partial charge in [0.05, 0.1) is 5.69 Å². The number of hydrogen-bond donors (Lipinski definition) is 1. The number of benzene rings is 1. The molecule has 0 unspecified atom stereocenters. The molecule has 0 saturated heterocycles.